The number of aromatic hydroxyl groups is 2. The van der Waals surface area contributed by atoms with Gasteiger partial charge in [-0.25, -0.2) is 0 Å². The van der Waals surface area contributed by atoms with Crippen molar-refractivity contribution in [3.8, 4) is 11.5 Å². The van der Waals surface area contributed by atoms with Crippen molar-refractivity contribution >= 4 is 0 Å². The summed E-state index contributed by atoms with van der Waals surface area (Å²) < 4.78 is 0. The molecule has 0 saturated carbocycles. The van der Waals surface area contributed by atoms with Gasteiger partial charge in [-0.15, -0.1) is 0 Å². The van der Waals surface area contributed by atoms with Crippen LogP contribution in [0.1, 0.15) is 25.5 Å². The van der Waals surface area contributed by atoms with Gasteiger partial charge in [-0.3, -0.25) is 0 Å². The Morgan fingerprint density at radius 1 is 1.33 bits per heavy atom. The molecule has 0 aliphatic heterocycles. The SMILES string of the molecule is CC(C)(CO)[C@@H](N)c1ccc(O)cc1O. The van der Waals surface area contributed by atoms with Crippen LogP contribution in [0.2, 0.25) is 0 Å². The number of aliphatic hydroxyl groups is 1. The van der Waals surface area contributed by atoms with E-state index in [4.69, 9.17) is 15.9 Å². The van der Waals surface area contributed by atoms with Gasteiger partial charge in [-0.2, -0.15) is 0 Å². The molecule has 1 aromatic carbocycles. The van der Waals surface area contributed by atoms with Crippen LogP contribution in [0.5, 0.6) is 11.5 Å². The Balaban J connectivity index is 3.06. The Bertz CT molecular complexity index is 350. The fourth-order valence-corrected chi connectivity index (χ4v) is 1.31. The molecular formula is C11H17NO3. The number of benzene rings is 1. The van der Waals surface area contributed by atoms with Crippen molar-refractivity contribution in [2.45, 2.75) is 19.9 Å². The molecule has 15 heavy (non-hydrogen) atoms. The molecule has 0 amide bonds. The largest absolute Gasteiger partial charge is 0.508 e. The minimum Gasteiger partial charge on any atom is -0.508 e. The molecule has 84 valence electrons. The molecule has 0 saturated heterocycles. The van der Waals surface area contributed by atoms with Gasteiger partial charge in [0.2, 0.25) is 0 Å². The first kappa shape index (κ1) is 11.8. The van der Waals surface area contributed by atoms with Gasteiger partial charge in [0.1, 0.15) is 11.5 Å². The van der Waals surface area contributed by atoms with Crippen LogP contribution in [0.3, 0.4) is 0 Å². The summed E-state index contributed by atoms with van der Waals surface area (Å²) in [5.74, 6) is -0.0609. The Morgan fingerprint density at radius 2 is 1.93 bits per heavy atom. The van der Waals surface area contributed by atoms with E-state index in [2.05, 4.69) is 0 Å². The van der Waals surface area contributed by atoms with E-state index < -0.39 is 11.5 Å². The Morgan fingerprint density at radius 3 is 2.40 bits per heavy atom. The van der Waals surface area contributed by atoms with Gasteiger partial charge in [0.15, 0.2) is 0 Å². The van der Waals surface area contributed by atoms with Crippen molar-refractivity contribution in [3.63, 3.8) is 0 Å². The van der Waals surface area contributed by atoms with E-state index in [9.17, 15) is 5.11 Å². The Labute approximate surface area is 89.0 Å². The summed E-state index contributed by atoms with van der Waals surface area (Å²) in [6, 6.07) is 3.78. The lowest BCUT2D eigenvalue weighted by Gasteiger charge is -2.30. The summed E-state index contributed by atoms with van der Waals surface area (Å²) in [7, 11) is 0. The number of aliphatic hydroxyl groups excluding tert-OH is 1. The Hall–Kier alpha value is -1.26. The number of nitrogens with two attached hydrogens (primary N) is 1. The number of phenols is 2. The molecule has 0 radical (unpaired) electrons. The molecule has 0 aromatic heterocycles. The second kappa shape index (κ2) is 4.08. The third kappa shape index (κ3) is 2.40. The topological polar surface area (TPSA) is 86.7 Å². The fourth-order valence-electron chi connectivity index (χ4n) is 1.31. The van der Waals surface area contributed by atoms with Crippen molar-refractivity contribution < 1.29 is 15.3 Å². The van der Waals surface area contributed by atoms with Crippen molar-refractivity contribution in [1.82, 2.24) is 0 Å². The Kier molecular flexibility index (Phi) is 3.21. The van der Waals surface area contributed by atoms with Crippen LogP contribution in [0.4, 0.5) is 0 Å². The van der Waals surface area contributed by atoms with E-state index in [-0.39, 0.29) is 18.1 Å². The van der Waals surface area contributed by atoms with Crippen LogP contribution < -0.4 is 5.73 Å². The summed E-state index contributed by atoms with van der Waals surface area (Å²) in [4.78, 5) is 0. The number of hydrogen-bond acceptors (Lipinski definition) is 4. The van der Waals surface area contributed by atoms with E-state index in [0.29, 0.717) is 5.56 Å². The molecule has 4 heteroatoms. The molecule has 0 fully saturated rings. The summed E-state index contributed by atoms with van der Waals surface area (Å²) in [5.41, 5.74) is 5.93. The third-order valence-corrected chi connectivity index (χ3v) is 2.60. The molecule has 0 heterocycles. The lowest BCUT2D eigenvalue weighted by Crippen LogP contribution is -2.32. The molecule has 0 unspecified atom stereocenters. The second-order valence-corrected chi connectivity index (χ2v) is 4.37. The predicted octanol–water partition coefficient (Wildman–Crippen LogP) is 1.12. The highest BCUT2D eigenvalue weighted by Crippen LogP contribution is 2.36. The standard InChI is InChI=1S/C11H17NO3/c1-11(2,6-13)10(12)8-4-3-7(14)5-9(8)15/h3-5,10,13-15H,6,12H2,1-2H3/t10-/m0/s1. The average molecular weight is 211 g/mol. The molecule has 1 atom stereocenters. The van der Waals surface area contributed by atoms with E-state index in [1.165, 1.54) is 12.1 Å². The first-order valence-electron chi connectivity index (χ1n) is 4.77. The lowest BCUT2D eigenvalue weighted by atomic mass is 9.81. The zero-order valence-electron chi connectivity index (χ0n) is 8.94. The first-order valence-corrected chi connectivity index (χ1v) is 4.77. The van der Waals surface area contributed by atoms with Crippen molar-refractivity contribution in [3.05, 3.63) is 23.8 Å². The van der Waals surface area contributed by atoms with E-state index >= 15 is 0 Å². The van der Waals surface area contributed by atoms with Crippen LogP contribution in [0, 0.1) is 5.41 Å². The van der Waals surface area contributed by atoms with Crippen molar-refractivity contribution in [2.75, 3.05) is 6.61 Å². The third-order valence-electron chi connectivity index (χ3n) is 2.60. The maximum Gasteiger partial charge on any atom is 0.124 e. The molecule has 0 aliphatic rings. The quantitative estimate of drug-likeness (QED) is 0.603. The van der Waals surface area contributed by atoms with Crippen LogP contribution in [-0.2, 0) is 0 Å². The number of hydrogen-bond donors (Lipinski definition) is 4. The molecule has 4 nitrogen and oxygen atoms in total. The van der Waals surface area contributed by atoms with Gasteiger partial charge in [-0.05, 0) is 6.07 Å². The fraction of sp³-hybridized carbons (Fsp3) is 0.455. The smallest absolute Gasteiger partial charge is 0.124 e. The highest BCUT2D eigenvalue weighted by molar-refractivity contribution is 5.41. The van der Waals surface area contributed by atoms with E-state index in [0.717, 1.165) is 0 Å². The molecule has 1 rings (SSSR count). The highest BCUT2D eigenvalue weighted by Gasteiger charge is 2.28. The minimum absolute atomic E-state index is 0.00902. The van der Waals surface area contributed by atoms with E-state index in [1.54, 1.807) is 6.07 Å². The summed E-state index contributed by atoms with van der Waals surface area (Å²) >= 11 is 0. The summed E-state index contributed by atoms with van der Waals surface area (Å²) in [6.07, 6.45) is 0. The molecule has 0 aliphatic carbocycles. The van der Waals surface area contributed by atoms with Crippen LogP contribution in [0.15, 0.2) is 18.2 Å². The number of phenolic OH excluding ortho intramolecular Hbond substituents is 2. The normalized spacial score (nSPS) is 13.9. The lowest BCUT2D eigenvalue weighted by molar-refractivity contribution is 0.131. The first-order chi connectivity index (χ1) is 6.88. The molecule has 1 aromatic rings. The number of rotatable bonds is 3. The van der Waals surface area contributed by atoms with Crippen LogP contribution in [-0.4, -0.2) is 21.9 Å². The monoisotopic (exact) mass is 211 g/mol. The zero-order valence-corrected chi connectivity index (χ0v) is 8.94. The molecule has 0 spiro atoms. The second-order valence-electron chi connectivity index (χ2n) is 4.37. The maximum absolute atomic E-state index is 9.60. The minimum atomic E-state index is -0.519. The molecular weight excluding hydrogens is 194 g/mol. The maximum atomic E-state index is 9.60. The molecule has 5 N–H and O–H groups in total. The van der Waals surface area contributed by atoms with Gasteiger partial charge in [-0.1, -0.05) is 19.9 Å². The van der Waals surface area contributed by atoms with Gasteiger partial charge >= 0.3 is 0 Å². The van der Waals surface area contributed by atoms with Gasteiger partial charge in [0.25, 0.3) is 0 Å². The van der Waals surface area contributed by atoms with Crippen LogP contribution >= 0.6 is 0 Å². The van der Waals surface area contributed by atoms with Crippen molar-refractivity contribution in [2.24, 2.45) is 11.1 Å². The van der Waals surface area contributed by atoms with Gasteiger partial charge in [0.05, 0.1) is 0 Å². The summed E-state index contributed by atoms with van der Waals surface area (Å²) in [5, 5.41) is 27.9. The zero-order chi connectivity index (χ0) is 11.6. The van der Waals surface area contributed by atoms with Crippen molar-refractivity contribution in [1.29, 1.82) is 0 Å². The van der Waals surface area contributed by atoms with Gasteiger partial charge in [0, 0.05) is 29.7 Å². The predicted molar refractivity (Wildman–Crippen MR) is 57.6 cm³/mol. The summed E-state index contributed by atoms with van der Waals surface area (Å²) in [6.45, 7) is 3.54. The van der Waals surface area contributed by atoms with Gasteiger partial charge < -0.3 is 21.1 Å². The highest BCUT2D eigenvalue weighted by atomic mass is 16.3. The molecule has 0 bridgehead atoms. The van der Waals surface area contributed by atoms with Crippen LogP contribution in [0.25, 0.3) is 0 Å². The van der Waals surface area contributed by atoms with E-state index in [1.807, 2.05) is 13.8 Å². The average Bonchev–Trinajstić information content (AvgIpc) is 2.17.